The molecule has 0 spiro atoms. The molecule has 2 N–H and O–H groups in total. The summed E-state index contributed by atoms with van der Waals surface area (Å²) in [5.41, 5.74) is 0.603. The number of benzene rings is 2. The van der Waals surface area contributed by atoms with Gasteiger partial charge in [0.05, 0.1) is 12.2 Å². The van der Waals surface area contributed by atoms with Crippen LogP contribution in [0.2, 0.25) is 0 Å². The van der Waals surface area contributed by atoms with Gasteiger partial charge in [0, 0.05) is 12.6 Å². The Kier molecular flexibility index (Phi) is 5.38. The van der Waals surface area contributed by atoms with Crippen LogP contribution in [0.5, 0.6) is 0 Å². The van der Waals surface area contributed by atoms with Crippen LogP contribution in [-0.2, 0) is 19.3 Å². The van der Waals surface area contributed by atoms with E-state index >= 15 is 0 Å². The number of aliphatic hydroxyl groups excluding tert-OH is 1. The predicted octanol–water partition coefficient (Wildman–Crippen LogP) is 4.19. The Hall–Kier alpha value is -1.92. The highest BCUT2D eigenvalue weighted by Gasteiger charge is 2.33. The maximum atomic E-state index is 13.1. The topological polar surface area (TPSA) is 32.3 Å². The number of hydrogen-bond donors (Lipinski definition) is 2. The molecular formula is C17H17F4NO. The summed E-state index contributed by atoms with van der Waals surface area (Å²) in [5.74, 6) is -0.912. The van der Waals surface area contributed by atoms with Gasteiger partial charge >= 0.3 is 6.18 Å². The average molecular weight is 327 g/mol. The van der Waals surface area contributed by atoms with Crippen LogP contribution < -0.4 is 5.32 Å². The Labute approximate surface area is 131 Å². The first-order valence-electron chi connectivity index (χ1n) is 7.10. The summed E-state index contributed by atoms with van der Waals surface area (Å²) in [6.45, 7) is 1.67. The second kappa shape index (κ2) is 7.10. The number of halogens is 4. The first-order valence-corrected chi connectivity index (χ1v) is 7.10. The van der Waals surface area contributed by atoms with Crippen molar-refractivity contribution in [2.75, 3.05) is 0 Å². The van der Waals surface area contributed by atoms with Crippen LogP contribution in [0.1, 0.15) is 35.2 Å². The number of aliphatic hydroxyl groups is 1. The predicted molar refractivity (Wildman–Crippen MR) is 79.0 cm³/mol. The van der Waals surface area contributed by atoms with E-state index in [1.807, 2.05) is 13.0 Å². The van der Waals surface area contributed by atoms with Crippen LogP contribution in [0.3, 0.4) is 0 Å². The smallest absolute Gasteiger partial charge is 0.392 e. The molecule has 23 heavy (non-hydrogen) atoms. The lowest BCUT2D eigenvalue weighted by Gasteiger charge is -2.18. The molecule has 0 bridgehead atoms. The summed E-state index contributed by atoms with van der Waals surface area (Å²) in [4.78, 5) is 0. The third-order valence-corrected chi connectivity index (χ3v) is 3.61. The van der Waals surface area contributed by atoms with Crippen molar-refractivity contribution in [2.45, 2.75) is 32.3 Å². The number of nitrogens with one attached hydrogen (secondary N) is 1. The quantitative estimate of drug-likeness (QED) is 0.807. The minimum Gasteiger partial charge on any atom is -0.392 e. The molecule has 1 atom stereocenters. The Morgan fingerprint density at radius 1 is 1.13 bits per heavy atom. The molecular weight excluding hydrogens is 310 g/mol. The Morgan fingerprint density at radius 3 is 2.52 bits per heavy atom. The molecule has 0 aromatic heterocycles. The zero-order valence-electron chi connectivity index (χ0n) is 12.5. The first kappa shape index (κ1) is 17.4. The van der Waals surface area contributed by atoms with E-state index < -0.39 is 17.6 Å². The Balaban J connectivity index is 2.14. The summed E-state index contributed by atoms with van der Waals surface area (Å²) in [6.07, 6.45) is -4.60. The van der Waals surface area contributed by atoms with Crippen LogP contribution >= 0.6 is 0 Å². The summed E-state index contributed by atoms with van der Waals surface area (Å²) < 4.78 is 51.9. The molecule has 2 nitrogen and oxygen atoms in total. The van der Waals surface area contributed by atoms with Gasteiger partial charge in [-0.2, -0.15) is 13.2 Å². The maximum absolute atomic E-state index is 13.1. The highest BCUT2D eigenvalue weighted by molar-refractivity contribution is 5.31. The van der Waals surface area contributed by atoms with Crippen molar-refractivity contribution in [3.05, 3.63) is 70.5 Å². The Morgan fingerprint density at radius 2 is 1.87 bits per heavy atom. The van der Waals surface area contributed by atoms with E-state index in [-0.39, 0.29) is 24.8 Å². The van der Waals surface area contributed by atoms with Crippen molar-refractivity contribution in [3.63, 3.8) is 0 Å². The highest BCUT2D eigenvalue weighted by Crippen LogP contribution is 2.32. The van der Waals surface area contributed by atoms with Gasteiger partial charge in [-0.05, 0) is 35.7 Å². The van der Waals surface area contributed by atoms with Crippen LogP contribution in [0.4, 0.5) is 17.6 Å². The standard InChI is InChI=1S/C17H17F4NO/c1-11(13-4-2-3-12(7-13)10-23)22-9-14-5-6-15(18)8-16(14)17(19,20)21/h2-8,11,22-23H,9-10H2,1H3. The minimum atomic E-state index is -4.60. The third-order valence-electron chi connectivity index (χ3n) is 3.61. The van der Waals surface area contributed by atoms with Crippen LogP contribution in [0.15, 0.2) is 42.5 Å². The van der Waals surface area contributed by atoms with E-state index in [4.69, 9.17) is 5.11 Å². The average Bonchev–Trinajstić information content (AvgIpc) is 2.52. The number of hydrogen-bond acceptors (Lipinski definition) is 2. The molecule has 0 aliphatic heterocycles. The third kappa shape index (κ3) is 4.53. The molecule has 0 amide bonds. The molecule has 0 aliphatic rings. The molecule has 0 heterocycles. The zero-order chi connectivity index (χ0) is 17.0. The lowest BCUT2D eigenvalue weighted by molar-refractivity contribution is -0.138. The zero-order valence-corrected chi connectivity index (χ0v) is 12.5. The molecule has 0 aliphatic carbocycles. The lowest BCUT2D eigenvalue weighted by Crippen LogP contribution is -2.21. The SMILES string of the molecule is CC(NCc1ccc(F)cc1C(F)(F)F)c1cccc(CO)c1. The molecule has 2 aromatic rings. The second-order valence-corrected chi connectivity index (χ2v) is 5.30. The molecule has 124 valence electrons. The summed E-state index contributed by atoms with van der Waals surface area (Å²) >= 11 is 0. The van der Waals surface area contributed by atoms with Gasteiger partial charge < -0.3 is 10.4 Å². The van der Waals surface area contributed by atoms with Gasteiger partial charge in [0.25, 0.3) is 0 Å². The summed E-state index contributed by atoms with van der Waals surface area (Å²) in [7, 11) is 0. The van der Waals surface area contributed by atoms with Gasteiger partial charge in [0.2, 0.25) is 0 Å². The fourth-order valence-electron chi connectivity index (χ4n) is 2.31. The van der Waals surface area contributed by atoms with Crippen molar-refractivity contribution in [2.24, 2.45) is 0 Å². The van der Waals surface area contributed by atoms with Crippen LogP contribution in [-0.4, -0.2) is 5.11 Å². The molecule has 2 aromatic carbocycles. The molecule has 0 saturated carbocycles. The van der Waals surface area contributed by atoms with Crippen molar-refractivity contribution in [1.29, 1.82) is 0 Å². The van der Waals surface area contributed by atoms with Gasteiger partial charge in [-0.3, -0.25) is 0 Å². The summed E-state index contributed by atoms with van der Waals surface area (Å²) in [5, 5.41) is 12.1. The molecule has 0 saturated heterocycles. The Bertz CT molecular complexity index is 670. The van der Waals surface area contributed by atoms with Gasteiger partial charge in [-0.25, -0.2) is 4.39 Å². The summed E-state index contributed by atoms with van der Waals surface area (Å²) in [6, 6.07) is 9.60. The number of alkyl halides is 3. The van der Waals surface area contributed by atoms with Gasteiger partial charge in [0.15, 0.2) is 0 Å². The molecule has 0 fully saturated rings. The largest absolute Gasteiger partial charge is 0.416 e. The fourth-order valence-corrected chi connectivity index (χ4v) is 2.31. The maximum Gasteiger partial charge on any atom is 0.416 e. The monoisotopic (exact) mass is 327 g/mol. The second-order valence-electron chi connectivity index (χ2n) is 5.30. The minimum absolute atomic E-state index is 0.0101. The van der Waals surface area contributed by atoms with E-state index in [0.717, 1.165) is 23.3 Å². The van der Waals surface area contributed by atoms with Crippen molar-refractivity contribution in [1.82, 2.24) is 5.32 Å². The van der Waals surface area contributed by atoms with Gasteiger partial charge in [-0.15, -0.1) is 0 Å². The van der Waals surface area contributed by atoms with Crippen molar-refractivity contribution < 1.29 is 22.7 Å². The van der Waals surface area contributed by atoms with E-state index in [2.05, 4.69) is 5.32 Å². The molecule has 0 radical (unpaired) electrons. The molecule has 6 heteroatoms. The lowest BCUT2D eigenvalue weighted by atomic mass is 10.0. The normalized spacial score (nSPS) is 13.1. The van der Waals surface area contributed by atoms with E-state index in [1.165, 1.54) is 0 Å². The van der Waals surface area contributed by atoms with Crippen LogP contribution in [0.25, 0.3) is 0 Å². The molecule has 1 unspecified atom stereocenters. The first-order chi connectivity index (χ1) is 10.8. The van der Waals surface area contributed by atoms with E-state index in [1.54, 1.807) is 18.2 Å². The van der Waals surface area contributed by atoms with Crippen molar-refractivity contribution in [3.8, 4) is 0 Å². The van der Waals surface area contributed by atoms with Gasteiger partial charge in [-0.1, -0.05) is 30.3 Å². The molecule has 2 rings (SSSR count). The highest BCUT2D eigenvalue weighted by atomic mass is 19.4. The van der Waals surface area contributed by atoms with Crippen LogP contribution in [0, 0.1) is 5.82 Å². The van der Waals surface area contributed by atoms with Gasteiger partial charge in [0.1, 0.15) is 5.82 Å². The number of rotatable bonds is 5. The fraction of sp³-hybridized carbons (Fsp3) is 0.294. The van der Waals surface area contributed by atoms with E-state index in [9.17, 15) is 17.6 Å². The van der Waals surface area contributed by atoms with Crippen molar-refractivity contribution >= 4 is 0 Å². The van der Waals surface area contributed by atoms with E-state index in [0.29, 0.717) is 6.07 Å².